The zero-order valence-corrected chi connectivity index (χ0v) is 35.5. The van der Waals surface area contributed by atoms with Crippen molar-refractivity contribution in [1.29, 1.82) is 0 Å². The minimum atomic E-state index is -0.148. The second kappa shape index (κ2) is 13.5. The van der Waals surface area contributed by atoms with E-state index < -0.39 is 0 Å². The topological polar surface area (TPSA) is 8.17 Å². The molecule has 10 aromatic rings. The van der Waals surface area contributed by atoms with Crippen LogP contribution in [0.25, 0.3) is 72.0 Å². The van der Waals surface area contributed by atoms with Crippen LogP contribution < -0.4 is 4.90 Å². The Morgan fingerprint density at radius 3 is 1.79 bits per heavy atom. The Labute approximate surface area is 364 Å². The molecule has 0 N–H and O–H groups in total. The highest BCUT2D eigenvalue weighted by molar-refractivity contribution is 6.17. The highest BCUT2D eigenvalue weighted by Crippen LogP contribution is 2.56. The van der Waals surface area contributed by atoms with E-state index in [0.717, 1.165) is 17.1 Å². The lowest BCUT2D eigenvalue weighted by Gasteiger charge is -2.31. The van der Waals surface area contributed by atoms with Crippen LogP contribution in [0, 0.1) is 0 Å². The first kappa shape index (κ1) is 36.4. The Morgan fingerprint density at radius 1 is 0.387 bits per heavy atom. The smallest absolute Gasteiger partial charge is 0.0547 e. The number of aromatic nitrogens is 1. The molecular weight excluding hydrogens is 749 g/mol. The summed E-state index contributed by atoms with van der Waals surface area (Å²) in [4.78, 5) is 2.55. The van der Waals surface area contributed by atoms with Crippen molar-refractivity contribution < 1.29 is 0 Å². The van der Waals surface area contributed by atoms with Crippen LogP contribution in [0.3, 0.4) is 0 Å². The van der Waals surface area contributed by atoms with E-state index in [4.69, 9.17) is 0 Å². The normalized spacial score (nSPS) is 14.1. The summed E-state index contributed by atoms with van der Waals surface area (Å²) in [7, 11) is 0. The molecule has 0 saturated carbocycles. The highest BCUT2D eigenvalue weighted by Gasteiger charge is 2.39. The number of anilines is 3. The molecule has 1 aromatic heterocycles. The van der Waals surface area contributed by atoms with E-state index in [0.29, 0.717) is 0 Å². The minimum absolute atomic E-state index is 0.141. The van der Waals surface area contributed by atoms with E-state index in [1.54, 1.807) is 0 Å². The summed E-state index contributed by atoms with van der Waals surface area (Å²) in [5.41, 5.74) is 22.3. The fourth-order valence-electron chi connectivity index (χ4n) is 11.2. The van der Waals surface area contributed by atoms with Crippen molar-refractivity contribution in [2.45, 2.75) is 38.5 Å². The maximum atomic E-state index is 2.55. The summed E-state index contributed by atoms with van der Waals surface area (Å²) in [5.74, 6) is 0. The van der Waals surface area contributed by atoms with Gasteiger partial charge < -0.3 is 9.47 Å². The van der Waals surface area contributed by atoms with Crippen molar-refractivity contribution in [3.8, 4) is 50.2 Å². The molecule has 2 aliphatic carbocycles. The molecule has 0 fully saturated rings. The molecule has 296 valence electrons. The number of para-hydroxylation sites is 3. The molecule has 0 spiro atoms. The van der Waals surface area contributed by atoms with Crippen LogP contribution in [0.5, 0.6) is 0 Å². The van der Waals surface area contributed by atoms with Gasteiger partial charge in [0, 0.05) is 44.1 Å². The maximum Gasteiger partial charge on any atom is 0.0547 e. The van der Waals surface area contributed by atoms with Crippen molar-refractivity contribution >= 4 is 38.9 Å². The zero-order valence-electron chi connectivity index (χ0n) is 35.5. The Morgan fingerprint density at radius 2 is 0.952 bits per heavy atom. The monoisotopic (exact) mass is 794 g/mol. The molecule has 12 rings (SSSR count). The molecule has 0 amide bonds. The van der Waals surface area contributed by atoms with E-state index in [9.17, 15) is 0 Å². The summed E-state index contributed by atoms with van der Waals surface area (Å²) in [6, 6.07) is 76.5. The fraction of sp³-hybridized carbons (Fsp3) is 0.100. The van der Waals surface area contributed by atoms with Gasteiger partial charge in [-0.15, -0.1) is 0 Å². The Hall–Kier alpha value is -7.42. The molecule has 0 atom stereocenters. The van der Waals surface area contributed by atoms with Gasteiger partial charge in [0.1, 0.15) is 0 Å². The van der Waals surface area contributed by atoms with E-state index in [-0.39, 0.29) is 10.8 Å². The number of fused-ring (bicyclic) bond motifs is 9. The zero-order chi connectivity index (χ0) is 41.7. The highest BCUT2D eigenvalue weighted by atomic mass is 15.1. The number of hydrogen-bond acceptors (Lipinski definition) is 1. The van der Waals surface area contributed by atoms with Gasteiger partial charge in [0.25, 0.3) is 0 Å². The second-order valence-corrected chi connectivity index (χ2v) is 18.1. The van der Waals surface area contributed by atoms with Crippen molar-refractivity contribution in [2.24, 2.45) is 0 Å². The molecule has 9 aromatic carbocycles. The molecule has 2 aliphatic rings. The fourth-order valence-corrected chi connectivity index (χ4v) is 11.2. The molecule has 62 heavy (non-hydrogen) atoms. The van der Waals surface area contributed by atoms with Crippen molar-refractivity contribution in [1.82, 2.24) is 4.57 Å². The van der Waals surface area contributed by atoms with Gasteiger partial charge in [0.05, 0.1) is 22.4 Å². The summed E-state index contributed by atoms with van der Waals surface area (Å²) < 4.78 is 2.42. The first-order chi connectivity index (χ1) is 30.3. The van der Waals surface area contributed by atoms with Crippen molar-refractivity contribution in [3.05, 3.63) is 229 Å². The molecule has 0 saturated heterocycles. The lowest BCUT2D eigenvalue weighted by Crippen LogP contribution is -2.17. The first-order valence-corrected chi connectivity index (χ1v) is 21.9. The van der Waals surface area contributed by atoms with Crippen LogP contribution >= 0.6 is 0 Å². The van der Waals surface area contributed by atoms with Crippen LogP contribution in [0.2, 0.25) is 0 Å². The predicted molar refractivity (Wildman–Crippen MR) is 261 cm³/mol. The lowest BCUT2D eigenvalue weighted by molar-refractivity contribution is 0.660. The number of nitrogens with zero attached hydrogens (tertiary/aromatic N) is 2. The Balaban J connectivity index is 1.13. The van der Waals surface area contributed by atoms with Gasteiger partial charge in [-0.2, -0.15) is 0 Å². The van der Waals surface area contributed by atoms with Gasteiger partial charge in [-0.05, 0) is 104 Å². The van der Waals surface area contributed by atoms with Gasteiger partial charge in [-0.25, -0.2) is 0 Å². The molecule has 2 nitrogen and oxygen atoms in total. The van der Waals surface area contributed by atoms with Crippen LogP contribution in [0.15, 0.2) is 206 Å². The van der Waals surface area contributed by atoms with Crippen LogP contribution in [0.1, 0.15) is 49.9 Å². The standard InChI is InChI=1S/C60H46N2/c1-59(2)50-32-13-9-26-47(50)57-51(59)33-19-37-55(57)62(41-23-16-20-39(38-41)42-28-17-30-46-43-24-8-12-31-49(43)60(3,4)58(42)46)52-34-14-10-25-44(52)45-29-18-36-54-56(45)48-27-11-15-35-53(48)61(54)40-21-6-5-7-22-40/h5-38H,1-4H3. The molecule has 0 radical (unpaired) electrons. The molecule has 0 bridgehead atoms. The third-order valence-electron chi connectivity index (χ3n) is 14.0. The summed E-state index contributed by atoms with van der Waals surface area (Å²) in [6.07, 6.45) is 0. The molecule has 0 unspecified atom stereocenters. The van der Waals surface area contributed by atoms with Crippen molar-refractivity contribution in [3.63, 3.8) is 0 Å². The quantitative estimate of drug-likeness (QED) is 0.163. The SMILES string of the molecule is CC1(C)c2ccccc2-c2c(N(c3cccc(-c4cccc5c4C(C)(C)c4ccccc4-5)c3)c3ccccc3-c3cccc4c3c3ccccc3n4-c3ccccc3)cccc21. The summed E-state index contributed by atoms with van der Waals surface area (Å²) in [5, 5.41) is 2.49. The van der Waals surface area contributed by atoms with E-state index in [1.807, 2.05) is 0 Å². The molecular formula is C60H46N2. The van der Waals surface area contributed by atoms with Crippen molar-refractivity contribution in [2.75, 3.05) is 4.90 Å². The predicted octanol–water partition coefficient (Wildman–Crippen LogP) is 16.2. The third-order valence-corrected chi connectivity index (χ3v) is 14.0. The summed E-state index contributed by atoms with van der Waals surface area (Å²) in [6.45, 7) is 9.52. The lowest BCUT2D eigenvalue weighted by atomic mass is 9.79. The van der Waals surface area contributed by atoms with Gasteiger partial charge >= 0.3 is 0 Å². The number of benzene rings is 9. The van der Waals surface area contributed by atoms with E-state index in [1.165, 1.54) is 94.3 Å². The molecule has 1 heterocycles. The third kappa shape index (κ3) is 5.16. The number of rotatable bonds is 6. The van der Waals surface area contributed by atoms with Crippen LogP contribution in [-0.4, -0.2) is 4.57 Å². The van der Waals surface area contributed by atoms with Crippen LogP contribution in [0.4, 0.5) is 17.1 Å². The molecule has 2 heteroatoms. The van der Waals surface area contributed by atoms with Gasteiger partial charge in [0.15, 0.2) is 0 Å². The largest absolute Gasteiger partial charge is 0.309 e. The van der Waals surface area contributed by atoms with Gasteiger partial charge in [-0.1, -0.05) is 185 Å². The van der Waals surface area contributed by atoms with E-state index in [2.05, 4.69) is 243 Å². The first-order valence-electron chi connectivity index (χ1n) is 21.9. The van der Waals surface area contributed by atoms with Gasteiger partial charge in [0.2, 0.25) is 0 Å². The Bertz CT molecular complexity index is 3420. The average molecular weight is 795 g/mol. The van der Waals surface area contributed by atoms with Crippen LogP contribution in [-0.2, 0) is 10.8 Å². The average Bonchev–Trinajstić information content (AvgIpc) is 3.87. The Kier molecular flexibility index (Phi) is 7.96. The minimum Gasteiger partial charge on any atom is -0.309 e. The maximum absolute atomic E-state index is 2.55. The van der Waals surface area contributed by atoms with Gasteiger partial charge in [-0.3, -0.25) is 0 Å². The van der Waals surface area contributed by atoms with E-state index >= 15 is 0 Å². The molecule has 0 aliphatic heterocycles. The summed E-state index contributed by atoms with van der Waals surface area (Å²) >= 11 is 0. The number of hydrogen-bond donors (Lipinski definition) is 0. The second-order valence-electron chi connectivity index (χ2n) is 18.1.